The standard InChI is InChI=1S/C22H27N3O6.C14H20N2O3.C8H8ClNO3.CH2Cl2/c1-13-14(7-9-16-18(13)31-12-11-30-16)19(26)24-25(22(2,3)4)21(27)15-8-10-17(28-5)23-20(15)29-6;1-9-10(13(17)15-16-14(2,3)4)5-6-11-12(9)19-8-7-18-11;1-12-6-4-3-5(7(9)11)8(10-6)13-2;2-1-3/h7-10H,11-12H2,1-6H3,(H,24,26);5-6,16H,7-8H2,1-4H3,(H,15,17);3-4H,1-2H3;1H2. The number of carbonyl (C=O) groups is 4. The third-order valence-corrected chi connectivity index (χ3v) is 9.16. The minimum absolute atomic E-state index is 0.100. The molecule has 0 unspecified atom stereocenters. The van der Waals surface area contributed by atoms with E-state index in [4.69, 9.17) is 72.7 Å². The van der Waals surface area contributed by atoms with E-state index in [2.05, 4.69) is 26.2 Å². The highest BCUT2D eigenvalue weighted by molar-refractivity contribution is 6.68. The molecule has 18 nitrogen and oxygen atoms in total. The molecule has 2 aromatic carbocycles. The zero-order valence-electron chi connectivity index (χ0n) is 39.0. The number of carbonyl (C=O) groups excluding carboxylic acids is 4. The van der Waals surface area contributed by atoms with Gasteiger partial charge >= 0.3 is 0 Å². The molecule has 0 saturated carbocycles. The zero-order chi connectivity index (χ0) is 49.4. The number of alkyl halides is 2. The summed E-state index contributed by atoms with van der Waals surface area (Å²) in [5, 5.41) is 0.851. The van der Waals surface area contributed by atoms with Crippen LogP contribution in [0, 0.1) is 13.8 Å². The number of ether oxygens (including phenoxy) is 8. The average Bonchev–Trinajstić information content (AvgIpc) is 3.29. The van der Waals surface area contributed by atoms with Gasteiger partial charge in [-0.2, -0.15) is 9.97 Å². The molecule has 6 rings (SSSR count). The third kappa shape index (κ3) is 15.0. The predicted molar refractivity (Wildman–Crippen MR) is 250 cm³/mol. The number of hydrazine groups is 2. The molecule has 3 N–H and O–H groups in total. The van der Waals surface area contributed by atoms with Gasteiger partial charge in [0.05, 0.1) is 44.9 Å². The maximum atomic E-state index is 13.4. The lowest BCUT2D eigenvalue weighted by atomic mass is 10.0. The third-order valence-electron chi connectivity index (χ3n) is 8.96. The number of aromatic nitrogens is 2. The van der Waals surface area contributed by atoms with Gasteiger partial charge in [0.1, 0.15) is 32.0 Å². The molecule has 2 aliphatic rings. The van der Waals surface area contributed by atoms with Crippen LogP contribution < -0.4 is 54.2 Å². The van der Waals surface area contributed by atoms with E-state index in [1.807, 2.05) is 48.5 Å². The monoisotopic (exact) mass is 978 g/mol. The van der Waals surface area contributed by atoms with E-state index in [9.17, 15) is 19.2 Å². The number of halogens is 3. The first kappa shape index (κ1) is 54.4. The van der Waals surface area contributed by atoms with E-state index in [0.29, 0.717) is 77.9 Å². The summed E-state index contributed by atoms with van der Waals surface area (Å²) in [5.74, 6) is 2.35. The summed E-state index contributed by atoms with van der Waals surface area (Å²) in [5.41, 5.74) is 10.3. The van der Waals surface area contributed by atoms with Gasteiger partial charge in [-0.05, 0) is 103 Å². The van der Waals surface area contributed by atoms with Crippen LogP contribution in [-0.4, -0.2) is 109 Å². The lowest BCUT2D eigenvalue weighted by Gasteiger charge is -2.35. The first-order valence-electron chi connectivity index (χ1n) is 20.2. The van der Waals surface area contributed by atoms with E-state index in [1.54, 1.807) is 43.3 Å². The topological polar surface area (TPSA) is 207 Å². The quantitative estimate of drug-likeness (QED) is 0.0845. The maximum Gasteiger partial charge on any atom is 0.278 e. The van der Waals surface area contributed by atoms with Crippen molar-refractivity contribution in [3.8, 4) is 46.5 Å². The summed E-state index contributed by atoms with van der Waals surface area (Å²) in [7, 11) is 5.77. The summed E-state index contributed by atoms with van der Waals surface area (Å²) in [6.07, 6.45) is 0. The van der Waals surface area contributed by atoms with Gasteiger partial charge in [-0.25, -0.2) is 10.4 Å². The van der Waals surface area contributed by atoms with Crippen LogP contribution in [0.1, 0.15) is 94.1 Å². The summed E-state index contributed by atoms with van der Waals surface area (Å²) >= 11 is 14.8. The maximum absolute atomic E-state index is 13.4. The lowest BCUT2D eigenvalue weighted by Crippen LogP contribution is -2.56. The number of benzene rings is 2. The number of nitrogens with one attached hydrogen (secondary N) is 3. The Bertz CT molecular complexity index is 2320. The molecule has 0 bridgehead atoms. The first-order valence-corrected chi connectivity index (χ1v) is 21.6. The average molecular weight is 980 g/mol. The Morgan fingerprint density at radius 2 is 1.03 bits per heavy atom. The Labute approximate surface area is 399 Å². The molecule has 0 fully saturated rings. The highest BCUT2D eigenvalue weighted by Crippen LogP contribution is 2.37. The fourth-order valence-corrected chi connectivity index (χ4v) is 5.96. The minimum atomic E-state index is -0.737. The van der Waals surface area contributed by atoms with Gasteiger partial charge in [-0.1, -0.05) is 0 Å². The highest BCUT2D eigenvalue weighted by atomic mass is 35.5. The lowest BCUT2D eigenvalue weighted by molar-refractivity contribution is 0.0354. The molecule has 0 radical (unpaired) electrons. The Kier molecular flexibility index (Phi) is 20.7. The van der Waals surface area contributed by atoms with E-state index < -0.39 is 22.6 Å². The van der Waals surface area contributed by atoms with Crippen molar-refractivity contribution < 1.29 is 57.1 Å². The number of rotatable bonds is 9. The molecule has 0 spiro atoms. The molecule has 2 aliphatic heterocycles. The zero-order valence-corrected chi connectivity index (χ0v) is 41.3. The van der Waals surface area contributed by atoms with Crippen LogP contribution in [0.4, 0.5) is 0 Å². The molecule has 0 saturated heterocycles. The molecule has 3 amide bonds. The van der Waals surface area contributed by atoms with Crippen molar-refractivity contribution in [3.05, 3.63) is 81.9 Å². The van der Waals surface area contributed by atoms with E-state index >= 15 is 0 Å². The van der Waals surface area contributed by atoms with Crippen LogP contribution in [0.2, 0.25) is 0 Å². The Morgan fingerprint density at radius 3 is 1.44 bits per heavy atom. The van der Waals surface area contributed by atoms with Crippen LogP contribution in [0.15, 0.2) is 48.5 Å². The van der Waals surface area contributed by atoms with E-state index in [0.717, 1.165) is 5.56 Å². The van der Waals surface area contributed by atoms with Crippen LogP contribution in [0.5, 0.6) is 46.5 Å². The van der Waals surface area contributed by atoms with Crippen molar-refractivity contribution in [2.24, 2.45) is 0 Å². The van der Waals surface area contributed by atoms with Crippen molar-refractivity contribution in [3.63, 3.8) is 0 Å². The molecule has 0 aliphatic carbocycles. The van der Waals surface area contributed by atoms with Crippen molar-refractivity contribution in [2.75, 3.05) is 60.2 Å². The fourth-order valence-electron chi connectivity index (χ4n) is 5.82. The summed E-state index contributed by atoms with van der Waals surface area (Å²) in [6, 6.07) is 13.0. The Morgan fingerprint density at radius 1 is 0.621 bits per heavy atom. The van der Waals surface area contributed by atoms with E-state index in [1.165, 1.54) is 45.6 Å². The smallest absolute Gasteiger partial charge is 0.278 e. The normalized spacial score (nSPS) is 12.2. The summed E-state index contributed by atoms with van der Waals surface area (Å²) in [6.45, 7) is 16.9. The van der Waals surface area contributed by atoms with Crippen LogP contribution in [-0.2, 0) is 0 Å². The number of hydrogen-bond donors (Lipinski definition) is 3. The number of amides is 3. The minimum Gasteiger partial charge on any atom is -0.486 e. The number of pyridine rings is 2. The largest absolute Gasteiger partial charge is 0.486 e. The van der Waals surface area contributed by atoms with Crippen molar-refractivity contribution >= 4 is 57.8 Å². The molecule has 4 heterocycles. The van der Waals surface area contributed by atoms with Gasteiger partial charge in [0.25, 0.3) is 23.0 Å². The van der Waals surface area contributed by atoms with Crippen LogP contribution in [0.3, 0.4) is 0 Å². The number of hydrogen-bond acceptors (Lipinski definition) is 15. The second-order valence-corrected chi connectivity index (χ2v) is 17.0. The van der Waals surface area contributed by atoms with Gasteiger partial charge in [0, 0.05) is 39.9 Å². The number of methoxy groups -OCH3 is 4. The van der Waals surface area contributed by atoms with Gasteiger partial charge < -0.3 is 37.9 Å². The molecular formula is C45H57Cl3N6O12. The Hall–Kier alpha value is -5.95. The molecular weight excluding hydrogens is 923 g/mol. The first-order chi connectivity index (χ1) is 31.1. The summed E-state index contributed by atoms with van der Waals surface area (Å²) < 4.78 is 42.3. The van der Waals surface area contributed by atoms with E-state index in [-0.39, 0.29) is 39.7 Å². The second-order valence-electron chi connectivity index (χ2n) is 15.8. The summed E-state index contributed by atoms with van der Waals surface area (Å²) in [4.78, 5) is 57.5. The molecule has 21 heteroatoms. The van der Waals surface area contributed by atoms with Gasteiger partial charge in [-0.15, -0.1) is 23.2 Å². The molecule has 360 valence electrons. The second kappa shape index (κ2) is 25.1. The molecule has 66 heavy (non-hydrogen) atoms. The SMILES string of the molecule is COc1ccc(C(=O)Cl)c(OC)n1.COc1ccc(C(=O)N(NC(=O)c2ccc3c(c2C)OCCO3)C(C)(C)C)c(OC)n1.Cc1c(C(=O)NNC(C)(C)C)ccc2c1OCCO2.ClCCl. The number of fused-ring (bicyclic) bond motifs is 2. The highest BCUT2D eigenvalue weighted by Gasteiger charge is 2.33. The van der Waals surface area contributed by atoms with Crippen molar-refractivity contribution in [2.45, 2.75) is 66.5 Å². The van der Waals surface area contributed by atoms with Crippen molar-refractivity contribution in [1.29, 1.82) is 0 Å². The van der Waals surface area contributed by atoms with Gasteiger partial charge in [0.2, 0.25) is 23.5 Å². The van der Waals surface area contributed by atoms with Crippen molar-refractivity contribution in [1.82, 2.24) is 31.3 Å². The fraction of sp³-hybridized carbons (Fsp3) is 0.422. The predicted octanol–water partition coefficient (Wildman–Crippen LogP) is 7.46. The van der Waals surface area contributed by atoms with Gasteiger partial charge in [0.15, 0.2) is 23.0 Å². The van der Waals surface area contributed by atoms with Gasteiger partial charge in [-0.3, -0.25) is 30.0 Å². The van der Waals surface area contributed by atoms with Crippen LogP contribution in [0.25, 0.3) is 0 Å². The number of nitrogens with zero attached hydrogens (tertiary/aromatic N) is 3. The van der Waals surface area contributed by atoms with Crippen LogP contribution >= 0.6 is 34.8 Å². The molecule has 0 atom stereocenters. The molecule has 4 aromatic rings. The Balaban J connectivity index is 0.000000280. The molecule has 2 aromatic heterocycles.